The molecule has 0 aliphatic rings. The van der Waals surface area contributed by atoms with Crippen LogP contribution in [0.5, 0.6) is 46.1 Å². The molecule has 0 aliphatic heterocycles. The molecule has 58 heavy (non-hydrogen) atoms. The summed E-state index contributed by atoms with van der Waals surface area (Å²) in [6.45, 7) is 5.48. The molecule has 0 fully saturated rings. The van der Waals surface area contributed by atoms with E-state index in [0.29, 0.717) is 3.70 Å². The van der Waals surface area contributed by atoms with Gasteiger partial charge in [-0.25, -0.2) is 19.0 Å². The number of aromatic nitrogens is 6. The predicted molar refractivity (Wildman–Crippen MR) is 221 cm³/mol. The van der Waals surface area contributed by atoms with Gasteiger partial charge >= 0.3 is 0 Å². The van der Waals surface area contributed by atoms with Crippen LogP contribution in [-0.2, 0) is 0 Å². The van der Waals surface area contributed by atoms with Crippen molar-refractivity contribution in [1.82, 2.24) is 29.2 Å². The Hall–Kier alpha value is -4.30. The Morgan fingerprint density at radius 1 is 0.569 bits per heavy atom. The maximum absolute atomic E-state index is 14.6. The molecule has 4 aromatic heterocycles. The molecule has 12 nitrogen and oxygen atoms in total. The van der Waals surface area contributed by atoms with Gasteiger partial charge in [0.2, 0.25) is 40.8 Å². The second-order valence-electron chi connectivity index (χ2n) is 10.9. The fourth-order valence-corrected chi connectivity index (χ4v) is 6.77. The second kappa shape index (κ2) is 20.1. The zero-order valence-electron chi connectivity index (χ0n) is 29.8. The van der Waals surface area contributed by atoms with Crippen LogP contribution in [0.4, 0.5) is 26.3 Å². The summed E-state index contributed by atoms with van der Waals surface area (Å²) >= 11 is 10.8. The average molecular weight is 1170 g/mol. The molecule has 0 spiro atoms. The van der Waals surface area contributed by atoms with Crippen molar-refractivity contribution >= 4 is 88.3 Å². The quantitative estimate of drug-likeness (QED) is 0.104. The van der Waals surface area contributed by atoms with Crippen LogP contribution < -0.4 is 23.7 Å². The van der Waals surface area contributed by atoms with Crippen LogP contribution in [-0.4, -0.2) is 54.1 Å². The molecular formula is C36H26Br2F6I2N6O6. The summed E-state index contributed by atoms with van der Waals surface area (Å²) in [5, 5.41) is 17.1. The number of rotatable bonds is 10. The van der Waals surface area contributed by atoms with Gasteiger partial charge in [-0.2, -0.15) is 31.4 Å². The fourth-order valence-electron chi connectivity index (χ4n) is 4.63. The van der Waals surface area contributed by atoms with E-state index in [1.165, 1.54) is 47.1 Å². The van der Waals surface area contributed by atoms with Gasteiger partial charge in [-0.3, -0.25) is 0 Å². The van der Waals surface area contributed by atoms with Crippen molar-refractivity contribution in [1.29, 1.82) is 0 Å². The molecule has 0 radical (unpaired) electrons. The lowest BCUT2D eigenvalue weighted by atomic mass is 10.3. The molecule has 0 saturated heterocycles. The zero-order chi connectivity index (χ0) is 42.3. The van der Waals surface area contributed by atoms with Crippen LogP contribution in [0.2, 0.25) is 0 Å². The van der Waals surface area contributed by atoms with Crippen LogP contribution in [0.25, 0.3) is 11.3 Å². The minimum atomic E-state index is -1.28. The number of phenolic OH excluding ortho intramolecular Hbond substituents is 1. The Bertz CT molecular complexity index is 2590. The third-order valence-corrected chi connectivity index (χ3v) is 9.55. The van der Waals surface area contributed by atoms with Gasteiger partial charge in [-0.05, 0) is 140 Å². The highest BCUT2D eigenvalue weighted by molar-refractivity contribution is 14.1. The van der Waals surface area contributed by atoms with E-state index in [1.807, 2.05) is 28.7 Å². The Kier molecular flexibility index (Phi) is 15.5. The minimum absolute atomic E-state index is 0.0674. The molecule has 0 bridgehead atoms. The van der Waals surface area contributed by atoms with E-state index in [-0.39, 0.29) is 54.3 Å². The first-order valence-corrected chi connectivity index (χ1v) is 20.2. The third kappa shape index (κ3) is 10.3. The normalized spacial score (nSPS) is 10.8. The van der Waals surface area contributed by atoms with E-state index in [1.54, 1.807) is 31.5 Å². The summed E-state index contributed by atoms with van der Waals surface area (Å²) < 4.78 is 115. The van der Waals surface area contributed by atoms with Crippen molar-refractivity contribution < 1.29 is 55.1 Å². The summed E-state index contributed by atoms with van der Waals surface area (Å²) in [6.07, 6.45) is 3.23. The molecule has 306 valence electrons. The van der Waals surface area contributed by atoms with E-state index >= 15 is 0 Å². The SMILES string of the molecule is Brc1cc(Br)c2ncc(I)n2n1.CCOc1ccc(O)c(F)c1F.CCOc1ccc(Oc2cc(Oc3ccc(OCC)c(F)c3F)c3ncc(I)n3n2)c(F)c1F. The van der Waals surface area contributed by atoms with Crippen LogP contribution in [0, 0.1) is 42.3 Å². The van der Waals surface area contributed by atoms with Crippen molar-refractivity contribution in [3.05, 3.63) is 112 Å². The lowest BCUT2D eigenvalue weighted by molar-refractivity contribution is 0.308. The number of phenols is 1. The van der Waals surface area contributed by atoms with Crippen molar-refractivity contribution in [3.63, 3.8) is 0 Å². The molecule has 0 saturated carbocycles. The molecule has 1 N–H and O–H groups in total. The predicted octanol–water partition coefficient (Wildman–Crippen LogP) is 11.2. The minimum Gasteiger partial charge on any atom is -0.505 e. The van der Waals surface area contributed by atoms with Crippen molar-refractivity contribution in [2.75, 3.05) is 19.8 Å². The first-order chi connectivity index (χ1) is 27.7. The lowest BCUT2D eigenvalue weighted by Gasteiger charge is -2.13. The first-order valence-electron chi connectivity index (χ1n) is 16.4. The monoisotopic (exact) mass is 1160 g/mol. The number of imidazole rings is 2. The van der Waals surface area contributed by atoms with Gasteiger partial charge in [0.25, 0.3) is 0 Å². The summed E-state index contributed by atoms with van der Waals surface area (Å²) in [6, 6.07) is 10.1. The van der Waals surface area contributed by atoms with Crippen molar-refractivity contribution in [2.45, 2.75) is 20.8 Å². The Morgan fingerprint density at radius 3 is 1.53 bits per heavy atom. The largest absolute Gasteiger partial charge is 0.505 e. The molecule has 7 rings (SSSR count). The molecule has 4 heterocycles. The van der Waals surface area contributed by atoms with Gasteiger partial charge < -0.3 is 28.8 Å². The molecule has 0 aliphatic carbocycles. The summed E-state index contributed by atoms with van der Waals surface area (Å²) in [5.41, 5.74) is 0.992. The maximum Gasteiger partial charge on any atom is 0.241 e. The van der Waals surface area contributed by atoms with Gasteiger partial charge in [-0.15, -0.1) is 5.10 Å². The Morgan fingerprint density at radius 2 is 1.00 bits per heavy atom. The number of halogens is 10. The highest BCUT2D eigenvalue weighted by Crippen LogP contribution is 2.36. The standard InChI is InChI=1S/C22H16F4IN3O4.C8H8F2O2.C6H2Br2IN3/c1-3-31-11-5-7-13(20(25)18(11)23)33-15-9-17(29-30-16(27)10-28-22(15)30)34-14-8-6-12(32-4-2)19(24)21(14)26;1-2-12-6-4-3-5(11)7(9)8(6)10;7-3-1-4(8)11-12-5(9)2-10-6(3)12/h5-10H,3-4H2,1-2H3;3-4,11H,2H2,1H3;1-2H. The van der Waals surface area contributed by atoms with Gasteiger partial charge in [0.1, 0.15) is 12.0 Å². The third-order valence-electron chi connectivity index (χ3n) is 7.10. The highest BCUT2D eigenvalue weighted by Gasteiger charge is 2.22. The van der Waals surface area contributed by atoms with Crippen molar-refractivity contribution in [3.8, 4) is 46.1 Å². The molecule has 0 unspecified atom stereocenters. The number of ether oxygens (including phenoxy) is 5. The summed E-state index contributed by atoms with van der Waals surface area (Å²) in [7, 11) is 0. The smallest absolute Gasteiger partial charge is 0.241 e. The number of fused-ring (bicyclic) bond motifs is 2. The molecular weight excluding hydrogens is 1140 g/mol. The van der Waals surface area contributed by atoms with Gasteiger partial charge in [0.05, 0.1) is 36.7 Å². The van der Waals surface area contributed by atoms with E-state index in [0.717, 1.165) is 24.5 Å². The first kappa shape index (κ1) is 44.8. The average Bonchev–Trinajstić information content (AvgIpc) is 3.77. The second-order valence-corrected chi connectivity index (χ2v) is 14.8. The van der Waals surface area contributed by atoms with Gasteiger partial charge in [0, 0.05) is 6.07 Å². The Labute approximate surface area is 369 Å². The summed E-state index contributed by atoms with van der Waals surface area (Å²) in [5.74, 6) is -10.1. The number of aromatic hydroxyl groups is 1. The molecule has 7 aromatic rings. The topological polar surface area (TPSA) is 127 Å². The highest BCUT2D eigenvalue weighted by atomic mass is 127. The van der Waals surface area contributed by atoms with Crippen LogP contribution in [0.1, 0.15) is 20.8 Å². The summed E-state index contributed by atoms with van der Waals surface area (Å²) in [4.78, 5) is 8.33. The van der Waals surface area contributed by atoms with Gasteiger partial charge in [0.15, 0.2) is 51.5 Å². The molecule has 0 atom stereocenters. The molecule has 3 aromatic carbocycles. The Balaban J connectivity index is 0.000000215. The number of nitrogens with zero attached hydrogens (tertiary/aromatic N) is 6. The maximum atomic E-state index is 14.6. The van der Waals surface area contributed by atoms with Crippen LogP contribution >= 0.6 is 77.0 Å². The van der Waals surface area contributed by atoms with Gasteiger partial charge in [-0.1, -0.05) is 0 Å². The van der Waals surface area contributed by atoms with E-state index < -0.39 is 52.2 Å². The number of hydrogen-bond acceptors (Lipinski definition) is 10. The number of benzene rings is 3. The molecule has 0 amide bonds. The van der Waals surface area contributed by atoms with E-state index in [4.69, 9.17) is 28.8 Å². The lowest BCUT2D eigenvalue weighted by Crippen LogP contribution is -2.03. The number of hydrogen-bond donors (Lipinski definition) is 1. The zero-order valence-corrected chi connectivity index (χ0v) is 37.3. The fraction of sp³-hybridized carbons (Fsp3) is 0.167. The van der Waals surface area contributed by atoms with E-state index in [9.17, 15) is 26.3 Å². The molecule has 22 heteroatoms. The van der Waals surface area contributed by atoms with Crippen molar-refractivity contribution in [2.24, 2.45) is 0 Å². The van der Waals surface area contributed by atoms with Crippen LogP contribution in [0.3, 0.4) is 0 Å². The van der Waals surface area contributed by atoms with Crippen LogP contribution in [0.15, 0.2) is 70.0 Å². The van der Waals surface area contributed by atoms with E-state index in [2.05, 4.69) is 74.6 Å².